The van der Waals surface area contributed by atoms with Crippen LogP contribution in [0.25, 0.3) is 0 Å². The van der Waals surface area contributed by atoms with Crippen LogP contribution in [-0.4, -0.2) is 79.7 Å². The van der Waals surface area contributed by atoms with E-state index in [-0.39, 0.29) is 24.5 Å². The molecule has 2 aromatic rings. The first-order chi connectivity index (χ1) is 19.8. The number of alkyl carbamates (subject to hydrolysis) is 1. The number of ether oxygens (including phenoxy) is 2. The average molecular weight is 585 g/mol. The maximum Gasteiger partial charge on any atom is 0.411 e. The predicted molar refractivity (Wildman–Crippen MR) is 149 cm³/mol. The molecule has 0 saturated carbocycles. The highest BCUT2D eigenvalue weighted by Crippen LogP contribution is 2.40. The molecule has 228 valence electrons. The molecular formula is C29H40N6O7. The summed E-state index contributed by atoms with van der Waals surface area (Å²) in [5.41, 5.74) is -0.408. The molecule has 4 amide bonds. The molecule has 4 atom stereocenters. The summed E-state index contributed by atoms with van der Waals surface area (Å²) in [5, 5.41) is 12.9. The van der Waals surface area contributed by atoms with Crippen molar-refractivity contribution < 1.29 is 33.1 Å². The number of rotatable bonds is 6. The molecule has 3 saturated heterocycles. The number of hydroxylamine groups is 2. The highest BCUT2D eigenvalue weighted by molar-refractivity contribution is 5.77. The van der Waals surface area contributed by atoms with Gasteiger partial charge in [0.15, 0.2) is 0 Å². The smallest absolute Gasteiger partial charge is 0.411 e. The molecule has 13 nitrogen and oxygen atoms in total. The van der Waals surface area contributed by atoms with Crippen LogP contribution in [0.1, 0.15) is 90.2 Å². The summed E-state index contributed by atoms with van der Waals surface area (Å²) in [7, 11) is 0. The molecule has 0 aliphatic carbocycles. The summed E-state index contributed by atoms with van der Waals surface area (Å²) in [6, 6.07) is 7.94. The largest absolute Gasteiger partial charge is 0.444 e. The first-order valence-electron chi connectivity index (χ1n) is 14.4. The molecule has 13 heteroatoms. The first-order valence-corrected chi connectivity index (χ1v) is 14.4. The number of carbonyl (C=O) groups is 3. The van der Waals surface area contributed by atoms with E-state index in [4.69, 9.17) is 18.7 Å². The Bertz CT molecular complexity index is 1290. The molecule has 1 N–H and O–H groups in total. The second kappa shape index (κ2) is 11.4. The highest BCUT2D eigenvalue weighted by atomic mass is 16.7. The highest BCUT2D eigenvalue weighted by Gasteiger charge is 2.48. The average Bonchev–Trinajstić information content (AvgIpc) is 3.59. The van der Waals surface area contributed by atoms with Gasteiger partial charge in [-0.3, -0.25) is 9.74 Å². The van der Waals surface area contributed by atoms with Gasteiger partial charge in [-0.1, -0.05) is 30.3 Å². The van der Waals surface area contributed by atoms with Crippen LogP contribution in [0.4, 0.5) is 14.4 Å². The Labute approximate surface area is 245 Å². The van der Waals surface area contributed by atoms with Gasteiger partial charge in [-0.05, 0) is 66.4 Å². The van der Waals surface area contributed by atoms with Crippen LogP contribution >= 0.6 is 0 Å². The van der Waals surface area contributed by atoms with Crippen LogP contribution in [-0.2, 0) is 20.9 Å². The summed E-state index contributed by atoms with van der Waals surface area (Å²) in [4.78, 5) is 48.0. The fraction of sp³-hybridized carbons (Fsp3) is 0.621. The molecule has 1 aromatic heterocycles. The molecule has 3 aliphatic heterocycles. The molecule has 2 bridgehead atoms. The zero-order chi connectivity index (χ0) is 30.2. The summed E-state index contributed by atoms with van der Waals surface area (Å²) in [6.45, 7) is 11.7. The minimum atomic E-state index is -0.721. The van der Waals surface area contributed by atoms with E-state index in [1.807, 2.05) is 30.3 Å². The lowest BCUT2D eigenvalue weighted by Crippen LogP contribution is -2.42. The number of benzene rings is 1. The molecule has 3 fully saturated rings. The van der Waals surface area contributed by atoms with Crippen molar-refractivity contribution in [3.63, 3.8) is 0 Å². The SMILES string of the molecule is CC(C)(C)OC(=O)N[C@H]1C[C@@H](c2nnc([C@@H]3CCC4CN3C(=O)N4OCc3ccccc3)o2)N(C(=O)OC(C)(C)C)C1. The molecule has 0 radical (unpaired) electrons. The number of hydrogen-bond acceptors (Lipinski definition) is 9. The van der Waals surface area contributed by atoms with E-state index in [2.05, 4.69) is 15.5 Å². The number of hydrogen-bond donors (Lipinski definition) is 1. The van der Waals surface area contributed by atoms with Crippen LogP contribution in [0.3, 0.4) is 0 Å². The van der Waals surface area contributed by atoms with Crippen molar-refractivity contribution in [2.45, 2.75) is 103 Å². The van der Waals surface area contributed by atoms with E-state index < -0.39 is 41.5 Å². The van der Waals surface area contributed by atoms with E-state index in [9.17, 15) is 14.4 Å². The van der Waals surface area contributed by atoms with E-state index in [0.717, 1.165) is 12.0 Å². The molecule has 42 heavy (non-hydrogen) atoms. The fourth-order valence-electron chi connectivity index (χ4n) is 5.46. The summed E-state index contributed by atoms with van der Waals surface area (Å²) in [5.74, 6) is 0.518. The predicted octanol–water partition coefficient (Wildman–Crippen LogP) is 4.72. The Morgan fingerprint density at radius 3 is 2.29 bits per heavy atom. The Hall–Kier alpha value is -3.87. The van der Waals surface area contributed by atoms with Crippen LogP contribution < -0.4 is 5.32 Å². The van der Waals surface area contributed by atoms with Crippen molar-refractivity contribution in [3.8, 4) is 0 Å². The van der Waals surface area contributed by atoms with Crippen molar-refractivity contribution in [1.82, 2.24) is 30.4 Å². The van der Waals surface area contributed by atoms with Crippen molar-refractivity contribution in [3.05, 3.63) is 47.7 Å². The standard InChI is InChI=1S/C29H40N6O7/c1-28(2,3)41-25(36)30-19-14-22(34(15-19)27(38)42-29(4,5)6)24-32-31-23(40-24)21-13-12-20-16-33(21)26(37)35(20)39-17-18-10-8-7-9-11-18/h7-11,19-22H,12-17H2,1-6H3,(H,30,36)/t19-,20?,21-,22-/m0/s1. The fourth-order valence-corrected chi connectivity index (χ4v) is 5.46. The van der Waals surface area contributed by atoms with Crippen LogP contribution in [0, 0.1) is 0 Å². The molecular weight excluding hydrogens is 544 g/mol. The lowest BCUT2D eigenvalue weighted by molar-refractivity contribution is -0.140. The van der Waals surface area contributed by atoms with Gasteiger partial charge < -0.3 is 24.1 Å². The Morgan fingerprint density at radius 1 is 0.952 bits per heavy atom. The number of amides is 4. The summed E-state index contributed by atoms with van der Waals surface area (Å²) < 4.78 is 17.2. The minimum Gasteiger partial charge on any atom is -0.444 e. The molecule has 3 aliphatic rings. The van der Waals surface area contributed by atoms with E-state index in [0.29, 0.717) is 31.9 Å². The number of nitrogens with one attached hydrogen (secondary N) is 1. The maximum atomic E-state index is 13.3. The van der Waals surface area contributed by atoms with Crippen LogP contribution in [0.2, 0.25) is 0 Å². The van der Waals surface area contributed by atoms with Crippen LogP contribution in [0.5, 0.6) is 0 Å². The number of piperidine rings is 1. The summed E-state index contributed by atoms with van der Waals surface area (Å²) >= 11 is 0. The van der Waals surface area contributed by atoms with Gasteiger partial charge in [-0.2, -0.15) is 5.06 Å². The number of likely N-dealkylation sites (tertiary alicyclic amines) is 1. The quantitative estimate of drug-likeness (QED) is 0.511. The molecule has 0 spiro atoms. The van der Waals surface area contributed by atoms with Gasteiger partial charge in [-0.15, -0.1) is 10.2 Å². The zero-order valence-electron chi connectivity index (χ0n) is 25.0. The van der Waals surface area contributed by atoms with Crippen molar-refractivity contribution >= 4 is 18.2 Å². The van der Waals surface area contributed by atoms with E-state index in [1.165, 1.54) is 9.96 Å². The van der Waals surface area contributed by atoms with Gasteiger partial charge in [-0.25, -0.2) is 14.4 Å². The van der Waals surface area contributed by atoms with Gasteiger partial charge in [0, 0.05) is 13.1 Å². The second-order valence-corrected chi connectivity index (χ2v) is 13.0. The third-order valence-electron chi connectivity index (χ3n) is 7.21. The second-order valence-electron chi connectivity index (χ2n) is 13.0. The molecule has 1 unspecified atom stereocenters. The van der Waals surface area contributed by atoms with Gasteiger partial charge in [0.1, 0.15) is 29.9 Å². The van der Waals surface area contributed by atoms with Crippen molar-refractivity contribution in [1.29, 1.82) is 0 Å². The van der Waals surface area contributed by atoms with Crippen molar-refractivity contribution in [2.24, 2.45) is 0 Å². The van der Waals surface area contributed by atoms with Gasteiger partial charge in [0.2, 0.25) is 11.8 Å². The van der Waals surface area contributed by atoms with Crippen molar-refractivity contribution in [2.75, 3.05) is 13.1 Å². The molecule has 5 rings (SSSR count). The number of urea groups is 1. The Balaban J connectivity index is 1.29. The zero-order valence-corrected chi connectivity index (χ0v) is 25.0. The van der Waals surface area contributed by atoms with Crippen LogP contribution in [0.15, 0.2) is 34.7 Å². The first kappa shape index (κ1) is 29.6. The Morgan fingerprint density at radius 2 is 1.62 bits per heavy atom. The lowest BCUT2D eigenvalue weighted by atomic mass is 10.0. The topological polar surface area (TPSA) is 140 Å². The van der Waals surface area contributed by atoms with Gasteiger partial charge in [0.05, 0.1) is 12.1 Å². The van der Waals surface area contributed by atoms with Gasteiger partial charge >= 0.3 is 18.2 Å². The molecule has 4 heterocycles. The van der Waals surface area contributed by atoms with E-state index >= 15 is 0 Å². The third-order valence-corrected chi connectivity index (χ3v) is 7.21. The number of carbonyl (C=O) groups excluding carboxylic acids is 3. The number of fused-ring (bicyclic) bond motifs is 2. The third kappa shape index (κ3) is 6.77. The lowest BCUT2D eigenvalue weighted by Gasteiger charge is -2.28. The normalized spacial score (nSPS) is 24.2. The van der Waals surface area contributed by atoms with E-state index in [1.54, 1.807) is 46.4 Å². The molecule has 1 aromatic carbocycles. The number of nitrogens with zero attached hydrogens (tertiary/aromatic N) is 5. The minimum absolute atomic E-state index is 0.0583. The Kier molecular flexibility index (Phi) is 8.06. The summed E-state index contributed by atoms with van der Waals surface area (Å²) in [6.07, 6.45) is 0.548. The van der Waals surface area contributed by atoms with Gasteiger partial charge in [0.25, 0.3) is 0 Å². The monoisotopic (exact) mass is 584 g/mol. The number of aromatic nitrogens is 2. The maximum absolute atomic E-state index is 13.3.